The lowest BCUT2D eigenvalue weighted by Gasteiger charge is -2.12. The van der Waals surface area contributed by atoms with Crippen molar-refractivity contribution >= 4 is 38.5 Å². The number of esters is 1. The largest absolute Gasteiger partial charge is 0.462 e. The van der Waals surface area contributed by atoms with Crippen LogP contribution in [0.4, 0.5) is 10.1 Å². The fourth-order valence-corrected chi connectivity index (χ4v) is 2.39. The zero-order chi connectivity index (χ0) is 14.0. The standard InChI is InChI=1S/C13H12BrFN2O2/c1-3-19-13(18)9-6-17-12-8(11(9)16-2)4-7(15)5-10(12)14/h4-6H,3H2,1-2H3,(H,16,17). The number of carbonyl (C=O) groups excluding carboxylic acids is 1. The van der Waals surface area contributed by atoms with Crippen molar-refractivity contribution in [2.24, 2.45) is 0 Å². The van der Waals surface area contributed by atoms with Gasteiger partial charge in [-0.05, 0) is 35.0 Å². The van der Waals surface area contributed by atoms with Crippen LogP contribution in [0.5, 0.6) is 0 Å². The number of ether oxygens (including phenoxy) is 1. The topological polar surface area (TPSA) is 51.2 Å². The molecule has 0 bridgehead atoms. The molecule has 4 nitrogen and oxygen atoms in total. The van der Waals surface area contributed by atoms with E-state index in [0.29, 0.717) is 21.1 Å². The van der Waals surface area contributed by atoms with Gasteiger partial charge in [-0.25, -0.2) is 9.18 Å². The maximum Gasteiger partial charge on any atom is 0.341 e. The zero-order valence-corrected chi connectivity index (χ0v) is 12.0. The summed E-state index contributed by atoms with van der Waals surface area (Å²) < 4.78 is 19.0. The molecular weight excluding hydrogens is 315 g/mol. The average Bonchev–Trinajstić information content (AvgIpc) is 2.37. The molecule has 0 saturated heterocycles. The summed E-state index contributed by atoms with van der Waals surface area (Å²) in [6.45, 7) is 1.99. The highest BCUT2D eigenvalue weighted by Crippen LogP contribution is 2.31. The number of hydrogen-bond donors (Lipinski definition) is 1. The summed E-state index contributed by atoms with van der Waals surface area (Å²) in [4.78, 5) is 16.0. The van der Waals surface area contributed by atoms with E-state index in [4.69, 9.17) is 4.74 Å². The number of rotatable bonds is 3. The van der Waals surface area contributed by atoms with Crippen LogP contribution in [0.1, 0.15) is 17.3 Å². The highest BCUT2D eigenvalue weighted by Gasteiger charge is 2.17. The molecule has 0 radical (unpaired) electrons. The maximum atomic E-state index is 13.5. The lowest BCUT2D eigenvalue weighted by atomic mass is 10.1. The van der Waals surface area contributed by atoms with Crippen molar-refractivity contribution < 1.29 is 13.9 Å². The summed E-state index contributed by atoms with van der Waals surface area (Å²) in [5, 5.41) is 3.43. The van der Waals surface area contributed by atoms with Gasteiger partial charge in [0.25, 0.3) is 0 Å². The number of nitrogens with one attached hydrogen (secondary N) is 1. The fourth-order valence-electron chi connectivity index (χ4n) is 1.86. The van der Waals surface area contributed by atoms with Gasteiger partial charge >= 0.3 is 5.97 Å². The highest BCUT2D eigenvalue weighted by molar-refractivity contribution is 9.10. The van der Waals surface area contributed by atoms with Gasteiger partial charge < -0.3 is 10.1 Å². The van der Waals surface area contributed by atoms with E-state index in [9.17, 15) is 9.18 Å². The van der Waals surface area contributed by atoms with Crippen molar-refractivity contribution in [1.29, 1.82) is 0 Å². The molecule has 0 spiro atoms. The molecule has 19 heavy (non-hydrogen) atoms. The summed E-state index contributed by atoms with van der Waals surface area (Å²) in [6, 6.07) is 2.67. The molecule has 0 unspecified atom stereocenters. The van der Waals surface area contributed by atoms with Gasteiger partial charge in [0.2, 0.25) is 0 Å². The minimum atomic E-state index is -0.485. The van der Waals surface area contributed by atoms with Crippen molar-refractivity contribution in [3.8, 4) is 0 Å². The molecule has 2 aromatic rings. The number of hydrogen-bond acceptors (Lipinski definition) is 4. The molecule has 1 aromatic heterocycles. The molecule has 0 amide bonds. The molecule has 0 atom stereocenters. The van der Waals surface area contributed by atoms with Crippen molar-refractivity contribution in [1.82, 2.24) is 4.98 Å². The van der Waals surface area contributed by atoms with E-state index in [-0.39, 0.29) is 12.2 Å². The van der Waals surface area contributed by atoms with Crippen LogP contribution < -0.4 is 5.32 Å². The molecule has 1 heterocycles. The number of pyridine rings is 1. The molecule has 1 N–H and O–H groups in total. The summed E-state index contributed by atoms with van der Waals surface area (Å²) in [7, 11) is 1.66. The lowest BCUT2D eigenvalue weighted by Crippen LogP contribution is -2.09. The Morgan fingerprint density at radius 2 is 2.26 bits per heavy atom. The quantitative estimate of drug-likeness (QED) is 0.879. The van der Waals surface area contributed by atoms with Crippen molar-refractivity contribution in [3.63, 3.8) is 0 Å². The number of nitrogens with zero attached hydrogens (tertiary/aromatic N) is 1. The van der Waals surface area contributed by atoms with Crippen LogP contribution in [0.25, 0.3) is 10.9 Å². The second kappa shape index (κ2) is 5.52. The third-order valence-corrected chi connectivity index (χ3v) is 3.24. The molecule has 0 saturated carbocycles. The molecule has 0 aliphatic rings. The second-order valence-corrected chi connectivity index (χ2v) is 4.66. The Balaban J connectivity index is 2.72. The van der Waals surface area contributed by atoms with Gasteiger partial charge in [-0.3, -0.25) is 4.98 Å². The third kappa shape index (κ3) is 2.53. The van der Waals surface area contributed by atoms with Crippen LogP contribution in [0.15, 0.2) is 22.8 Å². The fraction of sp³-hybridized carbons (Fsp3) is 0.231. The van der Waals surface area contributed by atoms with Gasteiger partial charge in [-0.2, -0.15) is 0 Å². The summed E-state index contributed by atoms with van der Waals surface area (Å²) >= 11 is 3.26. The minimum absolute atomic E-state index is 0.271. The molecule has 100 valence electrons. The molecule has 0 aliphatic carbocycles. The number of carbonyl (C=O) groups is 1. The van der Waals surface area contributed by atoms with Crippen LogP contribution in [0, 0.1) is 5.82 Å². The van der Waals surface area contributed by atoms with Gasteiger partial charge in [-0.15, -0.1) is 0 Å². The molecular formula is C13H12BrFN2O2. The van der Waals surface area contributed by atoms with Gasteiger partial charge in [0, 0.05) is 23.1 Å². The van der Waals surface area contributed by atoms with Crippen molar-refractivity contribution in [2.75, 3.05) is 19.0 Å². The number of aromatic nitrogens is 1. The zero-order valence-electron chi connectivity index (χ0n) is 10.5. The Morgan fingerprint density at radius 3 is 2.89 bits per heavy atom. The number of anilines is 1. The van der Waals surface area contributed by atoms with E-state index in [1.54, 1.807) is 14.0 Å². The normalized spacial score (nSPS) is 10.5. The monoisotopic (exact) mass is 326 g/mol. The Kier molecular flexibility index (Phi) is 3.99. The molecule has 0 aliphatic heterocycles. The van der Waals surface area contributed by atoms with Crippen molar-refractivity contribution in [2.45, 2.75) is 6.92 Å². The number of halogens is 2. The predicted molar refractivity (Wildman–Crippen MR) is 74.9 cm³/mol. The first kappa shape index (κ1) is 13.7. The van der Waals surface area contributed by atoms with Crippen molar-refractivity contribution in [3.05, 3.63) is 34.2 Å². The number of fused-ring (bicyclic) bond motifs is 1. The lowest BCUT2D eigenvalue weighted by molar-refractivity contribution is 0.0527. The highest BCUT2D eigenvalue weighted by atomic mass is 79.9. The van der Waals surface area contributed by atoms with Crippen LogP contribution >= 0.6 is 15.9 Å². The Hall–Kier alpha value is -1.69. The Morgan fingerprint density at radius 1 is 1.53 bits per heavy atom. The van der Waals surface area contributed by atoms with Gasteiger partial charge in [0.05, 0.1) is 17.8 Å². The smallest absolute Gasteiger partial charge is 0.341 e. The van der Waals surface area contributed by atoms with E-state index < -0.39 is 11.8 Å². The summed E-state index contributed by atoms with van der Waals surface area (Å²) in [5.74, 6) is -0.889. The molecule has 2 rings (SSSR count). The van der Waals surface area contributed by atoms with Crippen LogP contribution in [0.2, 0.25) is 0 Å². The van der Waals surface area contributed by atoms with Crippen LogP contribution in [0.3, 0.4) is 0 Å². The first-order valence-electron chi connectivity index (χ1n) is 5.71. The van der Waals surface area contributed by atoms with Crippen LogP contribution in [-0.4, -0.2) is 24.6 Å². The van der Waals surface area contributed by atoms with E-state index in [1.807, 2.05) is 0 Å². The van der Waals surface area contributed by atoms with Crippen LogP contribution in [-0.2, 0) is 4.74 Å². The Labute approximate surface area is 118 Å². The van der Waals surface area contributed by atoms with E-state index >= 15 is 0 Å². The van der Waals surface area contributed by atoms with Gasteiger partial charge in [-0.1, -0.05) is 0 Å². The average molecular weight is 327 g/mol. The van der Waals surface area contributed by atoms with Gasteiger partial charge in [0.1, 0.15) is 11.4 Å². The maximum absolute atomic E-state index is 13.5. The second-order valence-electron chi connectivity index (χ2n) is 3.80. The van der Waals surface area contributed by atoms with E-state index in [1.165, 1.54) is 18.3 Å². The van der Waals surface area contributed by atoms with E-state index in [2.05, 4.69) is 26.2 Å². The van der Waals surface area contributed by atoms with Gasteiger partial charge in [0.15, 0.2) is 0 Å². The number of benzene rings is 1. The first-order valence-corrected chi connectivity index (χ1v) is 6.50. The SMILES string of the molecule is CCOC(=O)c1cnc2c(Br)cc(F)cc2c1NC. The summed E-state index contributed by atoms with van der Waals surface area (Å²) in [6.07, 6.45) is 1.43. The summed E-state index contributed by atoms with van der Waals surface area (Å²) in [5.41, 5.74) is 1.37. The first-order chi connectivity index (χ1) is 9.08. The molecule has 0 fully saturated rings. The molecule has 6 heteroatoms. The predicted octanol–water partition coefficient (Wildman–Crippen LogP) is 3.35. The third-order valence-electron chi connectivity index (χ3n) is 2.63. The minimum Gasteiger partial charge on any atom is -0.462 e. The molecule has 1 aromatic carbocycles. The van der Waals surface area contributed by atoms with E-state index in [0.717, 1.165) is 0 Å². The Bertz CT molecular complexity index is 646.